The molecular formula is C14H15F2N2OS+. The molecular weight excluding hydrogens is 282 g/mol. The summed E-state index contributed by atoms with van der Waals surface area (Å²) in [4.78, 5) is 12.7. The zero-order valence-electron chi connectivity index (χ0n) is 11.0. The molecule has 1 heterocycles. The zero-order chi connectivity index (χ0) is 14.5. The topological polar surface area (TPSA) is 33.5 Å². The van der Waals surface area contributed by atoms with Crippen molar-refractivity contribution in [2.75, 3.05) is 18.9 Å². The largest absolute Gasteiger partial charge is 0.326 e. The van der Waals surface area contributed by atoms with E-state index in [2.05, 4.69) is 5.32 Å². The Hall–Kier alpha value is -1.79. The lowest BCUT2D eigenvalue weighted by Crippen LogP contribution is -3.08. The Labute approximate surface area is 119 Å². The first kappa shape index (κ1) is 14.6. The van der Waals surface area contributed by atoms with Crippen molar-refractivity contribution >= 4 is 22.9 Å². The van der Waals surface area contributed by atoms with Gasteiger partial charge in [-0.3, -0.25) is 4.79 Å². The number of hydrogen-bond donors (Lipinski definition) is 2. The van der Waals surface area contributed by atoms with E-state index in [-0.39, 0.29) is 12.2 Å². The average molecular weight is 297 g/mol. The van der Waals surface area contributed by atoms with Gasteiger partial charge in [-0.1, -0.05) is 6.07 Å². The molecule has 1 aromatic carbocycles. The molecule has 0 aliphatic carbocycles. The van der Waals surface area contributed by atoms with Crippen LogP contribution in [0.2, 0.25) is 0 Å². The van der Waals surface area contributed by atoms with E-state index in [1.54, 1.807) is 11.3 Å². The zero-order valence-corrected chi connectivity index (χ0v) is 11.8. The van der Waals surface area contributed by atoms with Gasteiger partial charge in [-0.15, -0.1) is 0 Å². The molecule has 0 aliphatic heterocycles. The summed E-state index contributed by atoms with van der Waals surface area (Å²) in [6.07, 6.45) is 0. The van der Waals surface area contributed by atoms with Crippen molar-refractivity contribution in [3.05, 3.63) is 52.2 Å². The van der Waals surface area contributed by atoms with Crippen molar-refractivity contribution in [2.24, 2.45) is 0 Å². The predicted octanol–water partition coefficient (Wildman–Crippen LogP) is 1.68. The van der Waals surface area contributed by atoms with E-state index < -0.39 is 17.5 Å². The molecule has 1 atom stereocenters. The van der Waals surface area contributed by atoms with Crippen LogP contribution < -0.4 is 10.2 Å². The van der Waals surface area contributed by atoms with E-state index >= 15 is 0 Å². The number of carbonyl (C=O) groups is 1. The molecule has 1 aromatic heterocycles. The van der Waals surface area contributed by atoms with Crippen LogP contribution in [0.4, 0.5) is 14.5 Å². The number of amides is 1. The number of likely N-dealkylation sites (N-methyl/N-ethyl adjacent to an activating group) is 1. The van der Waals surface area contributed by atoms with E-state index in [9.17, 15) is 13.6 Å². The normalized spacial score (nSPS) is 12.2. The first-order chi connectivity index (χ1) is 9.56. The number of benzene rings is 1. The molecule has 106 valence electrons. The fourth-order valence-electron chi connectivity index (χ4n) is 1.88. The predicted molar refractivity (Wildman–Crippen MR) is 74.8 cm³/mol. The highest BCUT2D eigenvalue weighted by atomic mass is 32.1. The minimum Gasteiger partial charge on any atom is -0.326 e. The Morgan fingerprint density at radius 3 is 2.60 bits per heavy atom. The summed E-state index contributed by atoms with van der Waals surface area (Å²) in [6, 6.07) is 5.47. The van der Waals surface area contributed by atoms with Crippen molar-refractivity contribution in [3.63, 3.8) is 0 Å². The Bertz CT molecular complexity index is 567. The highest BCUT2D eigenvalue weighted by molar-refractivity contribution is 7.07. The SMILES string of the molecule is C[NH+](CC(=O)Nc1c(F)cccc1F)Cc1ccsc1. The average Bonchev–Trinajstić information content (AvgIpc) is 2.86. The molecule has 0 aliphatic rings. The molecule has 6 heteroatoms. The summed E-state index contributed by atoms with van der Waals surface area (Å²) in [6.45, 7) is 0.834. The quantitative estimate of drug-likeness (QED) is 0.865. The maximum Gasteiger partial charge on any atom is 0.279 e. The van der Waals surface area contributed by atoms with Crippen LogP contribution in [0.25, 0.3) is 0 Å². The van der Waals surface area contributed by atoms with Crippen LogP contribution in [-0.4, -0.2) is 19.5 Å². The summed E-state index contributed by atoms with van der Waals surface area (Å²) in [5.41, 5.74) is 0.748. The third kappa shape index (κ3) is 3.85. The number of para-hydroxylation sites is 1. The smallest absolute Gasteiger partial charge is 0.279 e. The number of quaternary nitrogens is 1. The molecule has 20 heavy (non-hydrogen) atoms. The number of thiophene rings is 1. The number of hydrogen-bond acceptors (Lipinski definition) is 2. The molecule has 2 N–H and O–H groups in total. The number of anilines is 1. The second-order valence-corrected chi connectivity index (χ2v) is 5.37. The lowest BCUT2D eigenvalue weighted by molar-refractivity contribution is -0.885. The van der Waals surface area contributed by atoms with Gasteiger partial charge in [-0.05, 0) is 29.0 Å². The monoisotopic (exact) mass is 297 g/mol. The van der Waals surface area contributed by atoms with Gasteiger partial charge in [0.1, 0.15) is 23.9 Å². The summed E-state index contributed by atoms with van der Waals surface area (Å²) in [7, 11) is 1.86. The molecule has 2 rings (SSSR count). The maximum absolute atomic E-state index is 13.4. The third-order valence-corrected chi connectivity index (χ3v) is 3.51. The molecule has 0 fully saturated rings. The van der Waals surface area contributed by atoms with Crippen LogP contribution in [0.1, 0.15) is 5.56 Å². The Kier molecular flexibility index (Phi) is 4.81. The summed E-state index contributed by atoms with van der Waals surface area (Å²) >= 11 is 1.59. The van der Waals surface area contributed by atoms with Gasteiger partial charge in [0.15, 0.2) is 6.54 Å². The molecule has 0 saturated heterocycles. The molecule has 0 spiro atoms. The lowest BCUT2D eigenvalue weighted by atomic mass is 10.3. The van der Waals surface area contributed by atoms with Crippen LogP contribution in [-0.2, 0) is 11.3 Å². The highest BCUT2D eigenvalue weighted by Crippen LogP contribution is 2.17. The van der Waals surface area contributed by atoms with E-state index in [1.807, 2.05) is 23.9 Å². The molecule has 3 nitrogen and oxygen atoms in total. The van der Waals surface area contributed by atoms with Gasteiger partial charge < -0.3 is 10.2 Å². The third-order valence-electron chi connectivity index (χ3n) is 2.78. The van der Waals surface area contributed by atoms with Crippen LogP contribution >= 0.6 is 11.3 Å². The molecule has 1 amide bonds. The van der Waals surface area contributed by atoms with E-state index in [4.69, 9.17) is 0 Å². The van der Waals surface area contributed by atoms with Gasteiger partial charge in [0.25, 0.3) is 5.91 Å². The van der Waals surface area contributed by atoms with Crippen LogP contribution in [0.5, 0.6) is 0 Å². The number of halogens is 2. The Morgan fingerprint density at radius 1 is 1.30 bits per heavy atom. The van der Waals surface area contributed by atoms with Crippen molar-refractivity contribution in [1.82, 2.24) is 0 Å². The van der Waals surface area contributed by atoms with E-state index in [1.165, 1.54) is 6.07 Å². The summed E-state index contributed by atoms with van der Waals surface area (Å²) < 4.78 is 26.8. The number of carbonyl (C=O) groups excluding carboxylic acids is 1. The van der Waals surface area contributed by atoms with Gasteiger partial charge in [0.05, 0.1) is 7.05 Å². The van der Waals surface area contributed by atoms with Crippen molar-refractivity contribution < 1.29 is 18.5 Å². The minimum absolute atomic E-state index is 0.142. The maximum atomic E-state index is 13.4. The Morgan fingerprint density at radius 2 is 2.00 bits per heavy atom. The van der Waals surface area contributed by atoms with Gasteiger partial charge in [0, 0.05) is 5.56 Å². The minimum atomic E-state index is -0.770. The lowest BCUT2D eigenvalue weighted by Gasteiger charge is -2.13. The summed E-state index contributed by atoms with van der Waals surface area (Å²) in [5.74, 6) is -1.95. The van der Waals surface area contributed by atoms with E-state index in [0.717, 1.165) is 22.6 Å². The number of nitrogens with one attached hydrogen (secondary N) is 2. The molecule has 0 radical (unpaired) electrons. The first-order valence-corrected chi connectivity index (χ1v) is 7.07. The molecule has 0 bridgehead atoms. The highest BCUT2D eigenvalue weighted by Gasteiger charge is 2.15. The van der Waals surface area contributed by atoms with Crippen molar-refractivity contribution in [2.45, 2.75) is 6.54 Å². The molecule has 1 unspecified atom stereocenters. The Balaban J connectivity index is 1.92. The van der Waals surface area contributed by atoms with Gasteiger partial charge in [-0.2, -0.15) is 11.3 Å². The van der Waals surface area contributed by atoms with Crippen LogP contribution in [0.15, 0.2) is 35.0 Å². The second-order valence-electron chi connectivity index (χ2n) is 4.59. The number of rotatable bonds is 5. The molecule has 2 aromatic rings. The van der Waals surface area contributed by atoms with Crippen molar-refractivity contribution in [3.8, 4) is 0 Å². The molecule has 0 saturated carbocycles. The standard InChI is InChI=1S/C14H14F2N2OS/c1-18(7-10-5-6-20-9-10)8-13(19)17-14-11(15)3-2-4-12(14)16/h2-6,9H,7-8H2,1H3,(H,17,19)/p+1. The summed E-state index contributed by atoms with van der Waals surface area (Å²) in [5, 5.41) is 6.26. The fraction of sp³-hybridized carbons (Fsp3) is 0.214. The van der Waals surface area contributed by atoms with Gasteiger partial charge in [0.2, 0.25) is 0 Å². The second kappa shape index (κ2) is 6.58. The van der Waals surface area contributed by atoms with Crippen LogP contribution in [0, 0.1) is 11.6 Å². The van der Waals surface area contributed by atoms with E-state index in [0.29, 0.717) is 6.54 Å². The van der Waals surface area contributed by atoms with Crippen molar-refractivity contribution in [1.29, 1.82) is 0 Å². The first-order valence-electron chi connectivity index (χ1n) is 6.12. The van der Waals surface area contributed by atoms with Gasteiger partial charge in [-0.25, -0.2) is 8.78 Å². The van der Waals surface area contributed by atoms with Crippen LogP contribution in [0.3, 0.4) is 0 Å². The van der Waals surface area contributed by atoms with Gasteiger partial charge >= 0.3 is 0 Å². The fourth-order valence-corrected chi connectivity index (χ4v) is 2.55.